The fourth-order valence-electron chi connectivity index (χ4n) is 2.93. The van der Waals surface area contributed by atoms with Gasteiger partial charge in [0.1, 0.15) is 5.70 Å². The lowest BCUT2D eigenvalue weighted by atomic mass is 10.1. The minimum atomic E-state index is -0.445. The third-order valence-corrected chi connectivity index (χ3v) is 4.43. The Hall–Kier alpha value is -4.19. The van der Waals surface area contributed by atoms with Gasteiger partial charge in [0.2, 0.25) is 5.91 Å². The highest BCUT2D eigenvalue weighted by atomic mass is 16.2. The van der Waals surface area contributed by atoms with Crippen LogP contribution in [0, 0.1) is 6.92 Å². The third-order valence-electron chi connectivity index (χ3n) is 4.43. The minimum Gasteiger partial charge on any atom is -0.322 e. The molecule has 0 saturated carbocycles. The van der Waals surface area contributed by atoms with Gasteiger partial charge in [-0.1, -0.05) is 48.5 Å². The summed E-state index contributed by atoms with van der Waals surface area (Å²) in [7, 11) is 0. The molecule has 0 radical (unpaired) electrons. The molecule has 0 heterocycles. The second-order valence-corrected chi connectivity index (χ2v) is 6.95. The van der Waals surface area contributed by atoms with E-state index in [4.69, 9.17) is 0 Å². The number of anilines is 2. The van der Waals surface area contributed by atoms with Crippen LogP contribution in [0.3, 0.4) is 0 Å². The molecular weight excluding hydrogens is 390 g/mol. The number of aryl methyl sites for hydroxylation is 1. The quantitative estimate of drug-likeness (QED) is 0.525. The first-order chi connectivity index (χ1) is 14.9. The Morgan fingerprint density at radius 1 is 0.806 bits per heavy atom. The lowest BCUT2D eigenvalue weighted by Gasteiger charge is -2.13. The van der Waals surface area contributed by atoms with Gasteiger partial charge in [-0.05, 0) is 54.5 Å². The number of carbonyl (C=O) groups is 3. The van der Waals surface area contributed by atoms with E-state index >= 15 is 0 Å². The summed E-state index contributed by atoms with van der Waals surface area (Å²) >= 11 is 0. The van der Waals surface area contributed by atoms with E-state index in [1.54, 1.807) is 48.5 Å². The molecule has 0 unspecified atom stereocenters. The van der Waals surface area contributed by atoms with Gasteiger partial charge < -0.3 is 16.0 Å². The van der Waals surface area contributed by atoms with Crippen LogP contribution in [0.15, 0.2) is 84.6 Å². The Labute approximate surface area is 181 Å². The maximum absolute atomic E-state index is 12.7. The van der Waals surface area contributed by atoms with Gasteiger partial charge in [0.15, 0.2) is 0 Å². The van der Waals surface area contributed by atoms with E-state index in [9.17, 15) is 14.4 Å². The minimum absolute atomic E-state index is 0.137. The molecule has 31 heavy (non-hydrogen) atoms. The summed E-state index contributed by atoms with van der Waals surface area (Å²) in [6.07, 6.45) is 1.61. The summed E-state index contributed by atoms with van der Waals surface area (Å²) in [6.45, 7) is 3.19. The van der Waals surface area contributed by atoms with Crippen LogP contribution >= 0.6 is 0 Å². The highest BCUT2D eigenvalue weighted by Gasteiger charge is 2.13. The van der Waals surface area contributed by atoms with E-state index < -0.39 is 5.91 Å². The number of rotatable bonds is 6. The lowest BCUT2D eigenvalue weighted by Crippen LogP contribution is -2.29. The predicted octanol–water partition coefficient (Wildman–Crippen LogP) is 4.36. The fraction of sp³-hybridized carbons (Fsp3) is 0.0800. The average Bonchev–Trinajstić information content (AvgIpc) is 2.76. The normalized spacial score (nSPS) is 10.8. The van der Waals surface area contributed by atoms with Crippen LogP contribution in [0.4, 0.5) is 11.4 Å². The van der Waals surface area contributed by atoms with Gasteiger partial charge in [-0.3, -0.25) is 14.4 Å². The van der Waals surface area contributed by atoms with E-state index in [2.05, 4.69) is 16.0 Å². The average molecular weight is 413 g/mol. The monoisotopic (exact) mass is 413 g/mol. The van der Waals surface area contributed by atoms with Crippen LogP contribution < -0.4 is 16.0 Å². The van der Waals surface area contributed by atoms with Gasteiger partial charge in [0.05, 0.1) is 0 Å². The summed E-state index contributed by atoms with van der Waals surface area (Å²) in [6, 6.07) is 23.3. The van der Waals surface area contributed by atoms with Gasteiger partial charge in [-0.15, -0.1) is 0 Å². The Bertz CT molecular complexity index is 1120. The smallest absolute Gasteiger partial charge is 0.272 e. The summed E-state index contributed by atoms with van der Waals surface area (Å²) in [5.41, 5.74) is 3.47. The summed E-state index contributed by atoms with van der Waals surface area (Å²) < 4.78 is 0. The Balaban J connectivity index is 1.74. The first kappa shape index (κ1) is 21.5. The van der Waals surface area contributed by atoms with Gasteiger partial charge in [-0.25, -0.2) is 0 Å². The molecule has 0 spiro atoms. The van der Waals surface area contributed by atoms with Gasteiger partial charge >= 0.3 is 0 Å². The van der Waals surface area contributed by atoms with Crippen molar-refractivity contribution in [3.8, 4) is 0 Å². The van der Waals surface area contributed by atoms with Gasteiger partial charge in [-0.2, -0.15) is 0 Å². The van der Waals surface area contributed by atoms with Gasteiger partial charge in [0.25, 0.3) is 11.8 Å². The molecule has 3 rings (SSSR count). The van der Waals surface area contributed by atoms with Crippen molar-refractivity contribution in [3.63, 3.8) is 0 Å². The zero-order valence-corrected chi connectivity index (χ0v) is 17.3. The van der Waals surface area contributed by atoms with Crippen molar-refractivity contribution < 1.29 is 14.4 Å². The molecule has 3 amide bonds. The number of hydrogen-bond donors (Lipinski definition) is 3. The first-order valence-corrected chi connectivity index (χ1v) is 9.75. The number of nitrogens with one attached hydrogen (secondary N) is 3. The molecule has 0 aliphatic carbocycles. The summed E-state index contributed by atoms with van der Waals surface area (Å²) in [5.74, 6) is -0.994. The first-order valence-electron chi connectivity index (χ1n) is 9.75. The summed E-state index contributed by atoms with van der Waals surface area (Å²) in [5, 5.41) is 8.23. The number of hydrogen-bond acceptors (Lipinski definition) is 3. The number of benzene rings is 3. The predicted molar refractivity (Wildman–Crippen MR) is 122 cm³/mol. The largest absolute Gasteiger partial charge is 0.322 e. The van der Waals surface area contributed by atoms with Crippen molar-refractivity contribution in [3.05, 3.63) is 101 Å². The molecule has 0 saturated heterocycles. The third kappa shape index (κ3) is 6.14. The Morgan fingerprint density at radius 3 is 2.06 bits per heavy atom. The molecule has 0 atom stereocenters. The van der Waals surface area contributed by atoms with Crippen molar-refractivity contribution in [1.82, 2.24) is 5.32 Å². The standard InChI is InChI=1S/C25H23N3O3/c1-17-15-21(13-14-22(17)28-24(30)20-11-7-4-8-12-20)27-25(31)23(26-18(2)29)16-19-9-5-3-6-10-19/h3-16H,1-2H3,(H,26,29)(H,27,31)(H,28,30)/b23-16-. The highest BCUT2D eigenvalue weighted by molar-refractivity contribution is 6.09. The molecule has 6 nitrogen and oxygen atoms in total. The zero-order valence-electron chi connectivity index (χ0n) is 17.3. The Morgan fingerprint density at radius 2 is 1.45 bits per heavy atom. The van der Waals surface area contributed by atoms with Crippen molar-refractivity contribution in [2.24, 2.45) is 0 Å². The van der Waals surface area contributed by atoms with Crippen molar-refractivity contribution in [2.75, 3.05) is 10.6 Å². The van der Waals surface area contributed by atoms with Crippen molar-refractivity contribution >= 4 is 35.2 Å². The molecule has 0 aliphatic heterocycles. The van der Waals surface area contributed by atoms with E-state index in [1.807, 2.05) is 43.3 Å². The fourth-order valence-corrected chi connectivity index (χ4v) is 2.93. The highest BCUT2D eigenvalue weighted by Crippen LogP contribution is 2.21. The van der Waals surface area contributed by atoms with Crippen molar-refractivity contribution in [1.29, 1.82) is 0 Å². The molecule has 0 aliphatic rings. The van der Waals surface area contributed by atoms with Crippen LogP contribution in [-0.2, 0) is 9.59 Å². The SMILES string of the molecule is CC(=O)N/C(=C\c1ccccc1)C(=O)Nc1ccc(NC(=O)c2ccccc2)c(C)c1. The van der Waals surface area contributed by atoms with E-state index in [0.717, 1.165) is 11.1 Å². The van der Waals surface area contributed by atoms with E-state index in [1.165, 1.54) is 6.92 Å². The summed E-state index contributed by atoms with van der Waals surface area (Å²) in [4.78, 5) is 36.7. The van der Waals surface area contributed by atoms with Crippen LogP contribution in [0.25, 0.3) is 6.08 Å². The second kappa shape index (κ2) is 10.0. The maximum atomic E-state index is 12.7. The molecule has 3 aromatic carbocycles. The molecule has 0 aromatic heterocycles. The van der Waals surface area contributed by atoms with E-state index in [-0.39, 0.29) is 17.5 Å². The van der Waals surface area contributed by atoms with E-state index in [0.29, 0.717) is 16.9 Å². The second-order valence-electron chi connectivity index (χ2n) is 6.95. The maximum Gasteiger partial charge on any atom is 0.272 e. The van der Waals surface area contributed by atoms with Gasteiger partial charge in [0, 0.05) is 23.9 Å². The zero-order chi connectivity index (χ0) is 22.2. The molecule has 0 bridgehead atoms. The molecule has 0 fully saturated rings. The topological polar surface area (TPSA) is 87.3 Å². The lowest BCUT2D eigenvalue weighted by molar-refractivity contribution is -0.120. The molecule has 3 N–H and O–H groups in total. The van der Waals surface area contributed by atoms with Crippen LogP contribution in [-0.4, -0.2) is 17.7 Å². The molecule has 156 valence electrons. The molecule has 3 aromatic rings. The van der Waals surface area contributed by atoms with Crippen LogP contribution in [0.1, 0.15) is 28.4 Å². The van der Waals surface area contributed by atoms with Crippen LogP contribution in [0.5, 0.6) is 0 Å². The molecular formula is C25H23N3O3. The van der Waals surface area contributed by atoms with Crippen LogP contribution in [0.2, 0.25) is 0 Å². The number of amides is 3. The number of carbonyl (C=O) groups excluding carboxylic acids is 3. The molecule has 6 heteroatoms. The Kier molecular flexibility index (Phi) is 6.96. The van der Waals surface area contributed by atoms with Crippen molar-refractivity contribution in [2.45, 2.75) is 13.8 Å².